The van der Waals surface area contributed by atoms with Crippen molar-refractivity contribution in [2.45, 2.75) is 20.0 Å². The maximum Gasteiger partial charge on any atom is 0.343 e. The summed E-state index contributed by atoms with van der Waals surface area (Å²) in [6, 6.07) is 1.49. The van der Waals surface area contributed by atoms with E-state index in [1.807, 2.05) is 6.92 Å². The first-order valence-corrected chi connectivity index (χ1v) is 5.66. The van der Waals surface area contributed by atoms with Crippen molar-refractivity contribution in [1.82, 2.24) is 4.98 Å². The van der Waals surface area contributed by atoms with Crippen LogP contribution in [0.4, 0.5) is 5.69 Å². The summed E-state index contributed by atoms with van der Waals surface area (Å²) in [5.41, 5.74) is 6.20. The van der Waals surface area contributed by atoms with Gasteiger partial charge in [-0.15, -0.1) is 0 Å². The summed E-state index contributed by atoms with van der Waals surface area (Å²) in [6.07, 6.45) is 1.21. The Labute approximate surface area is 106 Å². The zero-order chi connectivity index (χ0) is 13.5. The number of nitrogens with two attached hydrogens (primary N) is 1. The lowest BCUT2D eigenvalue weighted by Gasteiger charge is -2.15. The molecular formula is C12H18N2O4. The number of hydrogen-bond acceptors (Lipinski definition) is 6. The van der Waals surface area contributed by atoms with Crippen LogP contribution in [0.15, 0.2) is 12.3 Å². The SMILES string of the molecule is CCOC(=O)c1cc(N)cnc1OC(C)COC. The minimum Gasteiger partial charge on any atom is -0.472 e. The number of nitrogens with zero attached hydrogens (tertiary/aromatic N) is 1. The van der Waals surface area contributed by atoms with Crippen molar-refractivity contribution in [2.75, 3.05) is 26.1 Å². The van der Waals surface area contributed by atoms with Gasteiger partial charge in [-0.05, 0) is 19.9 Å². The van der Waals surface area contributed by atoms with Crippen LogP contribution in [0.25, 0.3) is 0 Å². The number of carbonyl (C=O) groups is 1. The second-order valence-electron chi connectivity index (χ2n) is 3.73. The van der Waals surface area contributed by atoms with Gasteiger partial charge in [0.15, 0.2) is 0 Å². The van der Waals surface area contributed by atoms with E-state index in [2.05, 4.69) is 4.98 Å². The van der Waals surface area contributed by atoms with E-state index in [9.17, 15) is 4.79 Å². The summed E-state index contributed by atoms with van der Waals surface area (Å²) in [5.74, 6) is -0.302. The molecule has 0 aliphatic rings. The Balaban J connectivity index is 2.92. The first-order valence-electron chi connectivity index (χ1n) is 5.66. The molecule has 6 heteroatoms. The van der Waals surface area contributed by atoms with Crippen LogP contribution in [0.5, 0.6) is 5.88 Å². The minimum absolute atomic E-state index is 0.201. The molecule has 0 spiro atoms. The van der Waals surface area contributed by atoms with Crippen LogP contribution >= 0.6 is 0 Å². The van der Waals surface area contributed by atoms with Crippen molar-refractivity contribution in [3.05, 3.63) is 17.8 Å². The van der Waals surface area contributed by atoms with Gasteiger partial charge in [-0.3, -0.25) is 0 Å². The highest BCUT2D eigenvalue weighted by Gasteiger charge is 2.17. The van der Waals surface area contributed by atoms with E-state index in [0.717, 1.165) is 0 Å². The van der Waals surface area contributed by atoms with Crippen molar-refractivity contribution >= 4 is 11.7 Å². The molecule has 0 bridgehead atoms. The molecule has 0 aliphatic heterocycles. The molecule has 1 heterocycles. The summed E-state index contributed by atoms with van der Waals surface area (Å²) in [6.45, 7) is 4.22. The first kappa shape index (κ1) is 14.2. The fourth-order valence-electron chi connectivity index (χ4n) is 1.38. The summed E-state index contributed by atoms with van der Waals surface area (Å²) < 4.78 is 15.4. The summed E-state index contributed by atoms with van der Waals surface area (Å²) >= 11 is 0. The Kier molecular flexibility index (Phi) is 5.38. The van der Waals surface area contributed by atoms with Gasteiger partial charge in [0, 0.05) is 7.11 Å². The Hall–Kier alpha value is -1.82. The van der Waals surface area contributed by atoms with Gasteiger partial charge in [-0.25, -0.2) is 9.78 Å². The van der Waals surface area contributed by atoms with Gasteiger partial charge in [0.25, 0.3) is 0 Å². The van der Waals surface area contributed by atoms with E-state index in [-0.39, 0.29) is 24.2 Å². The minimum atomic E-state index is -0.503. The van der Waals surface area contributed by atoms with E-state index in [4.69, 9.17) is 19.9 Å². The Bertz CT molecular complexity index is 409. The van der Waals surface area contributed by atoms with E-state index < -0.39 is 5.97 Å². The molecule has 0 aliphatic carbocycles. The lowest BCUT2D eigenvalue weighted by Crippen LogP contribution is -2.20. The van der Waals surface area contributed by atoms with Crippen molar-refractivity contribution in [1.29, 1.82) is 0 Å². The molecular weight excluding hydrogens is 236 g/mol. The highest BCUT2D eigenvalue weighted by atomic mass is 16.5. The monoisotopic (exact) mass is 254 g/mol. The van der Waals surface area contributed by atoms with E-state index in [1.54, 1.807) is 14.0 Å². The fourth-order valence-corrected chi connectivity index (χ4v) is 1.38. The molecule has 100 valence electrons. The van der Waals surface area contributed by atoms with Gasteiger partial charge >= 0.3 is 5.97 Å². The van der Waals surface area contributed by atoms with Gasteiger partial charge in [-0.2, -0.15) is 0 Å². The number of rotatable bonds is 6. The number of esters is 1. The highest BCUT2D eigenvalue weighted by molar-refractivity contribution is 5.92. The van der Waals surface area contributed by atoms with E-state index in [1.165, 1.54) is 12.3 Å². The summed E-state index contributed by atoms with van der Waals surface area (Å²) in [7, 11) is 1.57. The van der Waals surface area contributed by atoms with Crippen molar-refractivity contribution in [2.24, 2.45) is 0 Å². The molecule has 1 aromatic rings. The maximum absolute atomic E-state index is 11.7. The van der Waals surface area contributed by atoms with Crippen LogP contribution in [0.2, 0.25) is 0 Å². The number of methoxy groups -OCH3 is 1. The molecule has 0 saturated heterocycles. The molecule has 2 N–H and O–H groups in total. The van der Waals surface area contributed by atoms with Crippen LogP contribution in [0, 0.1) is 0 Å². The van der Waals surface area contributed by atoms with Crippen LogP contribution in [-0.2, 0) is 9.47 Å². The van der Waals surface area contributed by atoms with Gasteiger partial charge in [0.2, 0.25) is 5.88 Å². The number of anilines is 1. The molecule has 1 aromatic heterocycles. The lowest BCUT2D eigenvalue weighted by molar-refractivity contribution is 0.0507. The number of ether oxygens (including phenoxy) is 3. The summed E-state index contributed by atoms with van der Waals surface area (Å²) in [4.78, 5) is 15.7. The van der Waals surface area contributed by atoms with Crippen LogP contribution < -0.4 is 10.5 Å². The largest absolute Gasteiger partial charge is 0.472 e. The number of aromatic nitrogens is 1. The predicted molar refractivity (Wildman–Crippen MR) is 66.6 cm³/mol. The topological polar surface area (TPSA) is 83.7 Å². The van der Waals surface area contributed by atoms with Gasteiger partial charge < -0.3 is 19.9 Å². The smallest absolute Gasteiger partial charge is 0.343 e. The number of pyridine rings is 1. The van der Waals surface area contributed by atoms with Crippen LogP contribution in [0.3, 0.4) is 0 Å². The average molecular weight is 254 g/mol. The van der Waals surface area contributed by atoms with Crippen molar-refractivity contribution in [3.8, 4) is 5.88 Å². The van der Waals surface area contributed by atoms with Crippen LogP contribution in [0.1, 0.15) is 24.2 Å². The number of nitrogen functional groups attached to an aromatic ring is 1. The molecule has 6 nitrogen and oxygen atoms in total. The van der Waals surface area contributed by atoms with Gasteiger partial charge in [0.05, 0.1) is 25.1 Å². The third kappa shape index (κ3) is 3.89. The Morgan fingerprint density at radius 3 is 2.89 bits per heavy atom. The summed E-state index contributed by atoms with van der Waals surface area (Å²) in [5, 5.41) is 0. The highest BCUT2D eigenvalue weighted by Crippen LogP contribution is 2.20. The quantitative estimate of drug-likeness (QED) is 0.769. The lowest BCUT2D eigenvalue weighted by atomic mass is 10.2. The van der Waals surface area contributed by atoms with E-state index in [0.29, 0.717) is 12.3 Å². The Morgan fingerprint density at radius 1 is 1.56 bits per heavy atom. The molecule has 1 atom stereocenters. The number of carbonyl (C=O) groups excluding carboxylic acids is 1. The molecule has 1 rings (SSSR count). The molecule has 0 radical (unpaired) electrons. The molecule has 0 saturated carbocycles. The third-order valence-corrected chi connectivity index (χ3v) is 2.08. The molecule has 0 aromatic carbocycles. The maximum atomic E-state index is 11.7. The normalized spacial score (nSPS) is 11.9. The van der Waals surface area contributed by atoms with Crippen molar-refractivity contribution < 1.29 is 19.0 Å². The zero-order valence-electron chi connectivity index (χ0n) is 10.8. The van der Waals surface area contributed by atoms with E-state index >= 15 is 0 Å². The van der Waals surface area contributed by atoms with Gasteiger partial charge in [-0.1, -0.05) is 0 Å². The third-order valence-electron chi connectivity index (χ3n) is 2.08. The molecule has 0 fully saturated rings. The molecule has 18 heavy (non-hydrogen) atoms. The standard InChI is InChI=1S/C12H18N2O4/c1-4-17-12(15)10-5-9(13)6-14-11(10)18-8(2)7-16-3/h5-6,8H,4,7,13H2,1-3H3. The molecule has 0 amide bonds. The van der Waals surface area contributed by atoms with Crippen molar-refractivity contribution in [3.63, 3.8) is 0 Å². The van der Waals surface area contributed by atoms with Gasteiger partial charge in [0.1, 0.15) is 11.7 Å². The first-order chi connectivity index (χ1) is 8.58. The number of hydrogen-bond donors (Lipinski definition) is 1. The van der Waals surface area contributed by atoms with Crippen LogP contribution in [-0.4, -0.2) is 37.4 Å². The average Bonchev–Trinajstić information content (AvgIpc) is 2.32. The predicted octanol–water partition coefficient (Wildman–Crippen LogP) is 1.25. The zero-order valence-corrected chi connectivity index (χ0v) is 10.8. The Morgan fingerprint density at radius 2 is 2.28 bits per heavy atom. The molecule has 1 unspecified atom stereocenters. The fraction of sp³-hybridized carbons (Fsp3) is 0.500. The second kappa shape index (κ2) is 6.80. The second-order valence-corrected chi connectivity index (χ2v) is 3.73.